The molecule has 8 N–H and O–H groups in total. The van der Waals surface area contributed by atoms with Gasteiger partial charge in [0.1, 0.15) is 18.4 Å². The molecule has 1 amide bonds. The topological polar surface area (TPSA) is 297 Å². The molecule has 0 radical (unpaired) electrons. The molecule has 0 bridgehead atoms. The van der Waals surface area contributed by atoms with E-state index in [1.165, 1.54) is 32.5 Å². The molecule has 3 unspecified atom stereocenters. The third kappa shape index (κ3) is 9.60. The Bertz CT molecular complexity index is 1360. The third-order valence-corrected chi connectivity index (χ3v) is 10.5. The molecule has 226 valence electrons. The largest absolute Gasteiger partial charge is 0.490 e. The van der Waals surface area contributed by atoms with Gasteiger partial charge in [0.05, 0.1) is 19.0 Å². The number of aromatic nitrogens is 4. The Morgan fingerprint density at radius 2 is 1.95 bits per heavy atom. The molecular weight excluding hydrogens is 645 g/mol. The zero-order valence-electron chi connectivity index (χ0n) is 20.4. The second kappa shape index (κ2) is 13.3. The average molecular weight is 670 g/mol. The highest BCUT2D eigenvalue weighted by atomic mass is 33.1. The van der Waals surface area contributed by atoms with Crippen molar-refractivity contribution < 1.29 is 65.8 Å². The van der Waals surface area contributed by atoms with E-state index in [9.17, 15) is 33.4 Å². The number of nitrogens with two attached hydrogens (primary N) is 1. The van der Waals surface area contributed by atoms with E-state index in [4.69, 9.17) is 25.0 Å². The molecule has 3 heterocycles. The standard InChI is InChI=1S/C15H25N6O14P3S2/c1-7(5-40-39-2)32-15(23)19-12-11-13(20-14(16)18-12)21(6-17-11)10-3-8(22)9(33-10)4-31-37(27,28)35-38(29,30)34-36(24,25)26/h6-10,22H,3-5H2,1-2H3,(H,27,28)(H,29,30)(H2,24,25,26)(H3,16,18,19,20,23)/t7?,8-,9-,10-/m1/s1. The van der Waals surface area contributed by atoms with Gasteiger partial charge >= 0.3 is 29.6 Å². The van der Waals surface area contributed by atoms with E-state index in [2.05, 4.69) is 33.4 Å². The summed E-state index contributed by atoms with van der Waals surface area (Å²) in [5.74, 6) is 0.256. The van der Waals surface area contributed by atoms with Crippen molar-refractivity contribution in [3.05, 3.63) is 6.33 Å². The van der Waals surface area contributed by atoms with Crippen LogP contribution in [0, 0.1) is 0 Å². The minimum Gasteiger partial charge on any atom is -0.445 e. The molecule has 6 atom stereocenters. The van der Waals surface area contributed by atoms with Gasteiger partial charge in [-0.2, -0.15) is 18.6 Å². The number of hydrogen-bond donors (Lipinski definition) is 7. The number of anilines is 2. The Balaban J connectivity index is 1.68. The highest BCUT2D eigenvalue weighted by Gasteiger charge is 2.43. The number of fused-ring (bicyclic) bond motifs is 1. The van der Waals surface area contributed by atoms with Gasteiger partial charge in [-0.15, -0.1) is 0 Å². The van der Waals surface area contributed by atoms with Gasteiger partial charge in [0.2, 0.25) is 5.95 Å². The maximum absolute atomic E-state index is 12.3. The fourth-order valence-electron chi connectivity index (χ4n) is 3.24. The van der Waals surface area contributed by atoms with Crippen molar-refractivity contribution in [1.82, 2.24) is 19.5 Å². The zero-order chi connectivity index (χ0) is 29.9. The molecule has 3 rings (SSSR count). The van der Waals surface area contributed by atoms with Crippen molar-refractivity contribution in [2.75, 3.05) is 29.7 Å². The summed E-state index contributed by atoms with van der Waals surface area (Å²) >= 11 is 0. The van der Waals surface area contributed by atoms with Crippen LogP contribution in [-0.2, 0) is 36.3 Å². The molecular formula is C15H25N6O14P3S2. The molecule has 0 aliphatic carbocycles. The van der Waals surface area contributed by atoms with E-state index >= 15 is 0 Å². The molecule has 0 saturated carbocycles. The first-order valence-electron chi connectivity index (χ1n) is 10.7. The fourth-order valence-corrected chi connectivity index (χ4v) is 7.65. The number of aliphatic hydroxyl groups excluding tert-OH is 1. The first kappa shape index (κ1) is 33.2. The minimum absolute atomic E-state index is 0.0567. The zero-order valence-corrected chi connectivity index (χ0v) is 24.8. The maximum atomic E-state index is 12.3. The predicted molar refractivity (Wildman–Crippen MR) is 140 cm³/mol. The second-order valence-electron chi connectivity index (χ2n) is 7.87. The van der Waals surface area contributed by atoms with E-state index < -0.39 is 60.7 Å². The van der Waals surface area contributed by atoms with Crippen molar-refractivity contribution in [1.29, 1.82) is 0 Å². The SMILES string of the molecule is CSSCC(C)OC(=O)Nc1nc(N)nc2c1ncn2[C@H]1C[C@@H](O)[C@@H](COP(=O)(O)OP(=O)(O)OP(=O)(O)O)O1. The number of phosphoric ester groups is 1. The number of nitrogens with one attached hydrogen (secondary N) is 1. The minimum atomic E-state index is -5.71. The van der Waals surface area contributed by atoms with Crippen LogP contribution in [0.3, 0.4) is 0 Å². The molecule has 40 heavy (non-hydrogen) atoms. The van der Waals surface area contributed by atoms with Gasteiger partial charge in [0.15, 0.2) is 17.0 Å². The summed E-state index contributed by atoms with van der Waals surface area (Å²) in [5, 5.41) is 12.8. The molecule has 1 fully saturated rings. The van der Waals surface area contributed by atoms with Crippen LogP contribution in [0.15, 0.2) is 6.33 Å². The monoisotopic (exact) mass is 670 g/mol. The number of imidazole rings is 1. The number of aliphatic hydroxyl groups is 1. The van der Waals surface area contributed by atoms with Crippen LogP contribution in [0.5, 0.6) is 0 Å². The van der Waals surface area contributed by atoms with Crippen LogP contribution in [0.1, 0.15) is 19.6 Å². The van der Waals surface area contributed by atoms with Crippen LogP contribution < -0.4 is 11.1 Å². The number of amides is 1. The first-order valence-corrected chi connectivity index (χ1v) is 18.0. The average Bonchev–Trinajstić information content (AvgIpc) is 3.36. The van der Waals surface area contributed by atoms with Gasteiger partial charge < -0.3 is 39.9 Å². The normalized spacial score (nSPS) is 23.4. The van der Waals surface area contributed by atoms with E-state index in [-0.39, 0.29) is 29.4 Å². The summed E-state index contributed by atoms with van der Waals surface area (Å²) in [4.78, 5) is 60.6. The predicted octanol–water partition coefficient (Wildman–Crippen LogP) is 1.35. The lowest BCUT2D eigenvalue weighted by atomic mass is 10.2. The summed E-state index contributed by atoms with van der Waals surface area (Å²) < 4.78 is 58.2. The van der Waals surface area contributed by atoms with Gasteiger partial charge in [-0.25, -0.2) is 23.5 Å². The summed E-state index contributed by atoms with van der Waals surface area (Å²) in [5.41, 5.74) is 5.99. The molecule has 1 saturated heterocycles. The molecule has 25 heteroatoms. The number of nitrogens with zero attached hydrogens (tertiary/aromatic N) is 4. The summed E-state index contributed by atoms with van der Waals surface area (Å²) in [6, 6.07) is 0. The van der Waals surface area contributed by atoms with Crippen LogP contribution in [0.4, 0.5) is 16.6 Å². The van der Waals surface area contributed by atoms with Crippen LogP contribution in [0.2, 0.25) is 0 Å². The number of nitrogen functional groups attached to an aromatic ring is 1. The number of phosphoric acid groups is 3. The van der Waals surface area contributed by atoms with Gasteiger partial charge in [0, 0.05) is 12.2 Å². The molecule has 0 spiro atoms. The van der Waals surface area contributed by atoms with Crippen molar-refractivity contribution in [3.63, 3.8) is 0 Å². The van der Waals surface area contributed by atoms with Crippen molar-refractivity contribution >= 4 is 74.1 Å². The third-order valence-electron chi connectivity index (χ3n) is 4.72. The summed E-state index contributed by atoms with van der Waals surface area (Å²) in [6.45, 7) is 0.849. The van der Waals surface area contributed by atoms with Crippen molar-refractivity contribution in [3.8, 4) is 0 Å². The van der Waals surface area contributed by atoms with Gasteiger partial charge in [-0.3, -0.25) is 14.4 Å². The van der Waals surface area contributed by atoms with Crippen molar-refractivity contribution in [2.45, 2.75) is 37.9 Å². The maximum Gasteiger partial charge on any atom is 0.490 e. The van der Waals surface area contributed by atoms with Crippen LogP contribution >= 0.6 is 45.1 Å². The number of carbonyl (C=O) groups excluding carboxylic acids is 1. The first-order chi connectivity index (χ1) is 18.5. The Kier molecular flexibility index (Phi) is 11.0. The Morgan fingerprint density at radius 3 is 2.60 bits per heavy atom. The number of hydrogen-bond acceptors (Lipinski definition) is 16. The highest BCUT2D eigenvalue weighted by molar-refractivity contribution is 8.76. The molecule has 1 aliphatic heterocycles. The summed E-state index contributed by atoms with van der Waals surface area (Å²) in [7, 11) is -13.7. The lowest BCUT2D eigenvalue weighted by molar-refractivity contribution is -0.0423. The van der Waals surface area contributed by atoms with Crippen LogP contribution in [0.25, 0.3) is 11.2 Å². The number of rotatable bonds is 13. The summed E-state index contributed by atoms with van der Waals surface area (Å²) in [6.07, 6.45) is -1.75. The smallest absolute Gasteiger partial charge is 0.445 e. The quantitative estimate of drug-likeness (QED) is 0.117. The lowest BCUT2D eigenvalue weighted by Crippen LogP contribution is -2.26. The fraction of sp³-hybridized carbons (Fsp3) is 0.600. The Labute approximate surface area is 233 Å². The molecule has 0 aromatic carbocycles. The Hall–Kier alpha value is -1.35. The molecule has 20 nitrogen and oxygen atoms in total. The molecule has 1 aliphatic rings. The second-order valence-corrected chi connectivity index (χ2v) is 14.9. The van der Waals surface area contributed by atoms with Crippen molar-refractivity contribution in [2.24, 2.45) is 0 Å². The van der Waals surface area contributed by atoms with E-state index in [0.29, 0.717) is 5.75 Å². The number of ether oxygens (including phenoxy) is 2. The van der Waals surface area contributed by atoms with Gasteiger partial charge in [0.25, 0.3) is 0 Å². The number of carbonyl (C=O) groups is 1. The molecule has 2 aromatic heterocycles. The van der Waals surface area contributed by atoms with Gasteiger partial charge in [-0.05, 0) is 13.2 Å². The van der Waals surface area contributed by atoms with Gasteiger partial charge in [-0.1, -0.05) is 21.6 Å². The van der Waals surface area contributed by atoms with E-state index in [1.54, 1.807) is 6.92 Å². The Morgan fingerprint density at radius 1 is 1.25 bits per heavy atom. The lowest BCUT2D eigenvalue weighted by Gasteiger charge is -2.19. The highest BCUT2D eigenvalue weighted by Crippen LogP contribution is 2.66. The van der Waals surface area contributed by atoms with Crippen LogP contribution in [-0.4, -0.2) is 87.2 Å². The van der Waals surface area contributed by atoms with E-state index in [0.717, 1.165) is 0 Å². The molecule has 2 aromatic rings. The van der Waals surface area contributed by atoms with E-state index in [1.807, 2.05) is 6.26 Å².